The molecule has 23 heavy (non-hydrogen) atoms. The highest BCUT2D eigenvalue weighted by molar-refractivity contribution is 5.90. The van der Waals surface area contributed by atoms with E-state index in [0.29, 0.717) is 5.92 Å². The van der Waals surface area contributed by atoms with Gasteiger partial charge in [0.2, 0.25) is 0 Å². The third-order valence-corrected chi connectivity index (χ3v) is 5.24. The summed E-state index contributed by atoms with van der Waals surface area (Å²) in [4.78, 5) is 6.50. The van der Waals surface area contributed by atoms with Crippen LogP contribution >= 0.6 is 0 Å². The van der Waals surface area contributed by atoms with Crippen molar-refractivity contribution in [1.82, 2.24) is 4.98 Å². The van der Waals surface area contributed by atoms with E-state index < -0.39 is 0 Å². The average molecular weight is 302 g/mol. The van der Waals surface area contributed by atoms with Crippen LogP contribution in [-0.2, 0) is 0 Å². The molecular weight excluding hydrogens is 284 g/mol. The summed E-state index contributed by atoms with van der Waals surface area (Å²) in [6.07, 6.45) is 4.86. The molecule has 114 valence electrons. The van der Waals surface area contributed by atoms with Gasteiger partial charge in [0.15, 0.2) is 6.23 Å². The Kier molecular flexibility index (Phi) is 2.52. The average Bonchev–Trinajstić information content (AvgIpc) is 2.59. The lowest BCUT2D eigenvalue weighted by molar-refractivity contribution is 0.160. The zero-order valence-corrected chi connectivity index (χ0v) is 13.3. The normalized spacial score (nSPS) is 21.6. The number of ether oxygens (including phenoxy) is 1. The molecule has 3 heterocycles. The molecule has 2 bridgehead atoms. The van der Waals surface area contributed by atoms with Crippen LogP contribution < -0.4 is 9.64 Å². The fourth-order valence-corrected chi connectivity index (χ4v) is 4.04. The quantitative estimate of drug-likeness (QED) is 0.621. The summed E-state index contributed by atoms with van der Waals surface area (Å²) in [5.74, 6) is 1.44. The van der Waals surface area contributed by atoms with Gasteiger partial charge in [0.25, 0.3) is 0 Å². The molecule has 2 aromatic carbocycles. The van der Waals surface area contributed by atoms with Gasteiger partial charge in [-0.1, -0.05) is 29.8 Å². The van der Waals surface area contributed by atoms with Crippen molar-refractivity contribution in [2.45, 2.75) is 25.5 Å². The van der Waals surface area contributed by atoms with E-state index in [9.17, 15) is 0 Å². The minimum absolute atomic E-state index is 0.0986. The molecule has 3 heteroatoms. The maximum atomic E-state index is 6.41. The Morgan fingerprint density at radius 3 is 2.96 bits per heavy atom. The number of anilines is 1. The molecular formula is C20H18N2O. The van der Waals surface area contributed by atoms with E-state index in [2.05, 4.69) is 60.3 Å². The molecule has 0 spiro atoms. The van der Waals surface area contributed by atoms with Crippen molar-refractivity contribution in [3.05, 3.63) is 65.5 Å². The predicted molar refractivity (Wildman–Crippen MR) is 92.2 cm³/mol. The number of benzene rings is 2. The highest BCUT2D eigenvalue weighted by Crippen LogP contribution is 2.50. The van der Waals surface area contributed by atoms with Crippen LogP contribution in [0.15, 0.2) is 48.8 Å². The molecule has 1 aromatic heterocycles. The molecule has 3 aromatic rings. The van der Waals surface area contributed by atoms with Crippen molar-refractivity contribution < 1.29 is 4.74 Å². The van der Waals surface area contributed by atoms with Crippen LogP contribution in [0.3, 0.4) is 0 Å². The lowest BCUT2D eigenvalue weighted by Crippen LogP contribution is -2.44. The van der Waals surface area contributed by atoms with Gasteiger partial charge in [-0.2, -0.15) is 0 Å². The number of rotatable bonds is 0. The van der Waals surface area contributed by atoms with Gasteiger partial charge in [0.05, 0.1) is 0 Å². The number of hydrogen-bond acceptors (Lipinski definition) is 3. The van der Waals surface area contributed by atoms with E-state index in [4.69, 9.17) is 4.74 Å². The molecule has 2 aliphatic heterocycles. The van der Waals surface area contributed by atoms with Crippen molar-refractivity contribution in [2.24, 2.45) is 0 Å². The van der Waals surface area contributed by atoms with Gasteiger partial charge in [0.1, 0.15) is 5.75 Å². The summed E-state index contributed by atoms with van der Waals surface area (Å²) in [6.45, 7) is 2.17. The molecule has 0 saturated heterocycles. The first-order chi connectivity index (χ1) is 11.2. The zero-order chi connectivity index (χ0) is 15.6. The van der Waals surface area contributed by atoms with Gasteiger partial charge in [-0.05, 0) is 24.6 Å². The van der Waals surface area contributed by atoms with E-state index in [1.807, 2.05) is 12.4 Å². The van der Waals surface area contributed by atoms with Gasteiger partial charge in [0, 0.05) is 53.8 Å². The van der Waals surface area contributed by atoms with E-state index in [1.54, 1.807) is 0 Å². The van der Waals surface area contributed by atoms with Crippen molar-refractivity contribution in [3.63, 3.8) is 0 Å². The Labute approximate surface area is 135 Å². The summed E-state index contributed by atoms with van der Waals surface area (Å²) >= 11 is 0. The highest BCUT2D eigenvalue weighted by atomic mass is 16.5. The second-order valence-corrected chi connectivity index (χ2v) is 6.61. The summed E-state index contributed by atoms with van der Waals surface area (Å²) in [5.41, 5.74) is 5.33. The maximum Gasteiger partial charge on any atom is 0.173 e. The summed E-state index contributed by atoms with van der Waals surface area (Å²) in [6, 6.07) is 13.2. The Bertz CT molecular complexity index is 934. The molecule has 3 nitrogen and oxygen atoms in total. The third kappa shape index (κ3) is 1.73. The van der Waals surface area contributed by atoms with Crippen molar-refractivity contribution >= 4 is 16.5 Å². The van der Waals surface area contributed by atoms with E-state index >= 15 is 0 Å². The molecule has 0 amide bonds. The maximum absolute atomic E-state index is 6.41. The van der Waals surface area contributed by atoms with Crippen molar-refractivity contribution in [2.75, 3.05) is 11.9 Å². The second-order valence-electron chi connectivity index (χ2n) is 6.61. The molecule has 2 unspecified atom stereocenters. The van der Waals surface area contributed by atoms with Crippen molar-refractivity contribution in [3.8, 4) is 5.75 Å². The van der Waals surface area contributed by atoms with Gasteiger partial charge >= 0.3 is 0 Å². The number of aromatic nitrogens is 1. The molecule has 5 rings (SSSR count). The summed E-state index contributed by atoms with van der Waals surface area (Å²) in [7, 11) is 2.13. The smallest absolute Gasteiger partial charge is 0.173 e. The Morgan fingerprint density at radius 2 is 2.04 bits per heavy atom. The van der Waals surface area contributed by atoms with Crippen LogP contribution in [0, 0.1) is 6.92 Å². The molecule has 0 fully saturated rings. The van der Waals surface area contributed by atoms with Crippen LogP contribution in [0.25, 0.3) is 10.8 Å². The van der Waals surface area contributed by atoms with E-state index in [1.165, 1.54) is 22.4 Å². The van der Waals surface area contributed by atoms with Crippen LogP contribution in [-0.4, -0.2) is 18.3 Å². The monoisotopic (exact) mass is 302 g/mol. The second kappa shape index (κ2) is 4.48. The largest absolute Gasteiger partial charge is 0.470 e. The minimum atomic E-state index is 0.0986. The van der Waals surface area contributed by atoms with Gasteiger partial charge in [-0.25, -0.2) is 0 Å². The molecule has 2 aliphatic rings. The first-order valence-electron chi connectivity index (χ1n) is 8.09. The van der Waals surface area contributed by atoms with Crippen LogP contribution in [0.2, 0.25) is 0 Å². The number of pyridine rings is 1. The van der Waals surface area contributed by atoms with Crippen LogP contribution in [0.4, 0.5) is 5.69 Å². The molecule has 0 aliphatic carbocycles. The topological polar surface area (TPSA) is 25.4 Å². The Balaban J connectivity index is 1.80. The standard InChI is InChI=1S/C20H18N2O/c1-12-3-6-18-17(9-12)16-10-19(22(18)2)23-20-14-7-8-21-11-13(14)4-5-15(16)20/h3-9,11,16,19H,10H2,1-2H3. The zero-order valence-electron chi connectivity index (χ0n) is 13.3. The SMILES string of the molecule is Cc1ccc2c(c1)C1CC(Oc3c1ccc1cnccc31)N2C. The number of nitrogens with zero attached hydrogens (tertiary/aromatic N) is 2. The van der Waals surface area contributed by atoms with Crippen molar-refractivity contribution in [1.29, 1.82) is 0 Å². The van der Waals surface area contributed by atoms with Gasteiger partial charge < -0.3 is 9.64 Å². The molecule has 0 saturated carbocycles. The minimum Gasteiger partial charge on any atom is -0.470 e. The fourth-order valence-electron chi connectivity index (χ4n) is 4.04. The van der Waals surface area contributed by atoms with E-state index in [-0.39, 0.29) is 6.23 Å². The first-order valence-corrected chi connectivity index (χ1v) is 8.09. The molecule has 0 N–H and O–H groups in total. The lowest BCUT2D eigenvalue weighted by atomic mass is 9.80. The van der Waals surface area contributed by atoms with Crippen LogP contribution in [0.1, 0.15) is 29.0 Å². The summed E-state index contributed by atoms with van der Waals surface area (Å²) < 4.78 is 6.41. The Morgan fingerprint density at radius 1 is 1.13 bits per heavy atom. The van der Waals surface area contributed by atoms with Gasteiger partial charge in [-0.3, -0.25) is 4.98 Å². The van der Waals surface area contributed by atoms with E-state index in [0.717, 1.165) is 22.9 Å². The number of hydrogen-bond donors (Lipinski definition) is 0. The molecule has 0 radical (unpaired) electrons. The molecule has 2 atom stereocenters. The number of aryl methyl sites for hydroxylation is 1. The number of fused-ring (bicyclic) bond motifs is 8. The highest BCUT2D eigenvalue weighted by Gasteiger charge is 2.38. The fraction of sp³-hybridized carbons (Fsp3) is 0.250. The third-order valence-electron chi connectivity index (χ3n) is 5.24. The summed E-state index contributed by atoms with van der Waals surface area (Å²) in [5, 5.41) is 2.30. The lowest BCUT2D eigenvalue weighted by Gasteiger charge is -2.44. The Hall–Kier alpha value is -2.55. The first kappa shape index (κ1) is 12.9. The van der Waals surface area contributed by atoms with Gasteiger partial charge in [-0.15, -0.1) is 0 Å². The predicted octanol–water partition coefficient (Wildman–Crippen LogP) is 4.23. The van der Waals surface area contributed by atoms with Crippen LogP contribution in [0.5, 0.6) is 5.75 Å².